The molecule has 0 radical (unpaired) electrons. The van der Waals surface area contributed by atoms with E-state index in [-0.39, 0.29) is 6.61 Å². The number of thiazole rings is 1. The number of aliphatic hydroxyl groups is 1. The number of hydrogen-bond donors (Lipinski definition) is 1. The molecule has 0 spiro atoms. The average Bonchev–Trinajstić information content (AvgIpc) is 3.08. The second-order valence-corrected chi connectivity index (χ2v) is 7.46. The lowest BCUT2D eigenvalue weighted by molar-refractivity contribution is -0.0334. The van der Waals surface area contributed by atoms with E-state index in [4.69, 9.17) is 49.4 Å². The minimum absolute atomic E-state index is 0.116. The highest BCUT2D eigenvalue weighted by Gasteiger charge is 2.16. The first-order chi connectivity index (χ1) is 12.6. The molecule has 3 aromatic rings. The summed E-state index contributed by atoms with van der Waals surface area (Å²) in [4.78, 5) is 8.51. The Labute approximate surface area is 169 Å². The minimum Gasteiger partial charge on any atom is -0.392 e. The molecule has 0 atom stereocenters. The van der Waals surface area contributed by atoms with Crippen molar-refractivity contribution in [3.63, 3.8) is 0 Å². The number of pyridine rings is 1. The quantitative estimate of drug-likeness (QED) is 0.586. The van der Waals surface area contributed by atoms with Crippen molar-refractivity contribution in [2.24, 2.45) is 0 Å². The summed E-state index contributed by atoms with van der Waals surface area (Å²) in [6.07, 6.45) is 1.60. The number of fused-ring (bicyclic) bond motifs is 1. The molecule has 1 fully saturated rings. The van der Waals surface area contributed by atoms with Crippen molar-refractivity contribution in [3.8, 4) is 10.6 Å². The second-order valence-electron chi connectivity index (χ2n) is 5.29. The number of ether oxygens (including phenoxy) is 2. The topological polar surface area (TPSA) is 64.5 Å². The molecule has 0 unspecified atom stereocenters. The number of aliphatic hydroxyl groups excluding tert-OH is 1. The first-order valence-corrected chi connectivity index (χ1v) is 9.71. The van der Waals surface area contributed by atoms with Gasteiger partial charge >= 0.3 is 0 Å². The summed E-state index contributed by atoms with van der Waals surface area (Å²) in [6, 6.07) is 5.13. The van der Waals surface area contributed by atoms with Crippen LogP contribution in [0.25, 0.3) is 20.8 Å². The molecule has 138 valence electrons. The third-order valence-corrected chi connectivity index (χ3v) is 5.59. The van der Waals surface area contributed by atoms with Gasteiger partial charge in [0.05, 0.1) is 53.3 Å². The van der Waals surface area contributed by atoms with Gasteiger partial charge in [-0.15, -0.1) is 11.3 Å². The van der Waals surface area contributed by atoms with E-state index in [0.29, 0.717) is 31.3 Å². The van der Waals surface area contributed by atoms with Crippen molar-refractivity contribution in [2.45, 2.75) is 6.61 Å². The Kier molecular flexibility index (Phi) is 7.05. The number of rotatable bonds is 2. The van der Waals surface area contributed by atoms with E-state index in [1.807, 2.05) is 0 Å². The first kappa shape index (κ1) is 19.8. The standard InChI is InChI=1S/C13H7Cl3N2OS.C4H8O2/c14-7-3-6(5-19)4-8(15)10(7)13-18-9-1-2-17-12(16)11(9)20-13;1-2-6-4-3-5-1/h1-4,19H,5H2;1-4H2. The summed E-state index contributed by atoms with van der Waals surface area (Å²) in [7, 11) is 0. The first-order valence-electron chi connectivity index (χ1n) is 7.76. The highest BCUT2D eigenvalue weighted by Crippen LogP contribution is 2.40. The maximum Gasteiger partial charge on any atom is 0.148 e. The van der Waals surface area contributed by atoms with Crippen LogP contribution in [0.1, 0.15) is 5.56 Å². The van der Waals surface area contributed by atoms with Crippen LogP contribution in [0.15, 0.2) is 24.4 Å². The van der Waals surface area contributed by atoms with E-state index in [9.17, 15) is 0 Å². The lowest BCUT2D eigenvalue weighted by Crippen LogP contribution is -2.16. The summed E-state index contributed by atoms with van der Waals surface area (Å²) >= 11 is 19.9. The third-order valence-electron chi connectivity index (χ3n) is 3.50. The van der Waals surface area contributed by atoms with E-state index in [1.54, 1.807) is 24.4 Å². The maximum absolute atomic E-state index is 9.14. The smallest absolute Gasteiger partial charge is 0.148 e. The number of benzene rings is 1. The molecule has 5 nitrogen and oxygen atoms in total. The minimum atomic E-state index is -0.116. The lowest BCUT2D eigenvalue weighted by atomic mass is 10.1. The largest absolute Gasteiger partial charge is 0.392 e. The van der Waals surface area contributed by atoms with Crippen LogP contribution < -0.4 is 0 Å². The zero-order valence-electron chi connectivity index (χ0n) is 13.5. The fourth-order valence-corrected chi connectivity index (χ4v) is 4.40. The fourth-order valence-electron chi connectivity index (χ4n) is 2.29. The van der Waals surface area contributed by atoms with Crippen molar-refractivity contribution in [1.82, 2.24) is 9.97 Å². The van der Waals surface area contributed by atoms with E-state index in [0.717, 1.165) is 36.6 Å². The van der Waals surface area contributed by atoms with Gasteiger partial charge in [0.15, 0.2) is 0 Å². The van der Waals surface area contributed by atoms with Crippen LogP contribution in [-0.4, -0.2) is 41.5 Å². The molecule has 0 saturated carbocycles. The van der Waals surface area contributed by atoms with Crippen molar-refractivity contribution in [3.05, 3.63) is 45.2 Å². The molecule has 4 rings (SSSR count). The van der Waals surface area contributed by atoms with Crippen LogP contribution in [0.4, 0.5) is 0 Å². The van der Waals surface area contributed by atoms with Crippen molar-refractivity contribution >= 4 is 56.4 Å². The van der Waals surface area contributed by atoms with Gasteiger partial charge in [0.25, 0.3) is 0 Å². The van der Waals surface area contributed by atoms with Crippen molar-refractivity contribution in [2.75, 3.05) is 26.4 Å². The number of aromatic nitrogens is 2. The van der Waals surface area contributed by atoms with Gasteiger partial charge in [-0.05, 0) is 23.8 Å². The summed E-state index contributed by atoms with van der Waals surface area (Å²) < 4.78 is 10.7. The van der Waals surface area contributed by atoms with Gasteiger partial charge in [0.2, 0.25) is 0 Å². The summed E-state index contributed by atoms with van der Waals surface area (Å²) in [5, 5.41) is 11.1. The SMILES string of the molecule is C1COCCO1.OCc1cc(Cl)c(-c2nc3ccnc(Cl)c3s2)c(Cl)c1. The van der Waals surface area contributed by atoms with Crippen LogP contribution in [0.5, 0.6) is 0 Å². The Hall–Kier alpha value is -0.990. The van der Waals surface area contributed by atoms with Gasteiger partial charge in [0, 0.05) is 11.8 Å². The Bertz CT molecular complexity index is 866. The van der Waals surface area contributed by atoms with Crippen molar-refractivity contribution < 1.29 is 14.6 Å². The maximum atomic E-state index is 9.14. The molecule has 2 aromatic heterocycles. The van der Waals surface area contributed by atoms with Crippen LogP contribution in [0.2, 0.25) is 15.2 Å². The van der Waals surface area contributed by atoms with Crippen molar-refractivity contribution in [1.29, 1.82) is 0 Å². The highest BCUT2D eigenvalue weighted by molar-refractivity contribution is 7.22. The van der Waals surface area contributed by atoms with Gasteiger partial charge in [-0.25, -0.2) is 9.97 Å². The van der Waals surface area contributed by atoms with E-state index in [2.05, 4.69) is 9.97 Å². The molecular weight excluding hydrogens is 419 g/mol. The van der Waals surface area contributed by atoms with Gasteiger partial charge in [-0.2, -0.15) is 0 Å². The van der Waals surface area contributed by atoms with Crippen LogP contribution in [-0.2, 0) is 16.1 Å². The van der Waals surface area contributed by atoms with Gasteiger partial charge in [-0.3, -0.25) is 0 Å². The van der Waals surface area contributed by atoms with Gasteiger partial charge in [-0.1, -0.05) is 34.8 Å². The van der Waals surface area contributed by atoms with E-state index in [1.165, 1.54) is 11.3 Å². The zero-order chi connectivity index (χ0) is 18.5. The normalized spacial score (nSPS) is 14.2. The van der Waals surface area contributed by atoms with E-state index < -0.39 is 0 Å². The van der Waals surface area contributed by atoms with E-state index >= 15 is 0 Å². The summed E-state index contributed by atoms with van der Waals surface area (Å²) in [5.74, 6) is 0. The molecule has 0 amide bonds. The molecule has 1 aliphatic heterocycles. The predicted molar refractivity (Wildman–Crippen MR) is 105 cm³/mol. The van der Waals surface area contributed by atoms with Crippen LogP contribution in [0, 0.1) is 0 Å². The number of nitrogens with zero attached hydrogens (tertiary/aromatic N) is 2. The molecule has 0 bridgehead atoms. The highest BCUT2D eigenvalue weighted by atomic mass is 35.5. The van der Waals surface area contributed by atoms with Gasteiger partial charge < -0.3 is 14.6 Å². The monoisotopic (exact) mass is 432 g/mol. The Morgan fingerprint density at radius 3 is 2.15 bits per heavy atom. The van der Waals surface area contributed by atoms with Crippen LogP contribution in [0.3, 0.4) is 0 Å². The second kappa shape index (κ2) is 9.28. The third kappa shape index (κ3) is 4.64. The molecule has 0 aliphatic carbocycles. The zero-order valence-corrected chi connectivity index (χ0v) is 16.6. The molecule has 9 heteroatoms. The lowest BCUT2D eigenvalue weighted by Gasteiger charge is -2.09. The molecule has 1 aromatic carbocycles. The molecule has 1 N–H and O–H groups in total. The Morgan fingerprint density at radius 1 is 1.04 bits per heavy atom. The Morgan fingerprint density at radius 2 is 1.65 bits per heavy atom. The van der Waals surface area contributed by atoms with Crippen LogP contribution >= 0.6 is 46.1 Å². The number of halogens is 3. The molecule has 1 aliphatic rings. The molecule has 3 heterocycles. The number of hydrogen-bond acceptors (Lipinski definition) is 6. The summed E-state index contributed by atoms with van der Waals surface area (Å²) in [5.41, 5.74) is 2.05. The molecule has 1 saturated heterocycles. The molecule has 26 heavy (non-hydrogen) atoms. The summed E-state index contributed by atoms with van der Waals surface area (Å²) in [6.45, 7) is 3.00. The predicted octanol–water partition coefficient (Wildman–Crippen LogP) is 4.84. The average molecular weight is 434 g/mol. The Balaban J connectivity index is 0.000000278. The van der Waals surface area contributed by atoms with Gasteiger partial charge in [0.1, 0.15) is 10.2 Å². The molecular formula is C17H15Cl3N2O3S. The fraction of sp³-hybridized carbons (Fsp3) is 0.294.